The Morgan fingerprint density at radius 2 is 1.96 bits per heavy atom. The molecule has 0 radical (unpaired) electrons. The molecular formula is C21H21N3OS2. The van der Waals surface area contributed by atoms with E-state index in [9.17, 15) is 4.79 Å². The predicted molar refractivity (Wildman–Crippen MR) is 114 cm³/mol. The third-order valence-electron chi connectivity index (χ3n) is 4.63. The van der Waals surface area contributed by atoms with Gasteiger partial charge in [0, 0.05) is 15.8 Å². The Bertz CT molecular complexity index is 1140. The van der Waals surface area contributed by atoms with Crippen LogP contribution in [0.25, 0.3) is 20.8 Å². The van der Waals surface area contributed by atoms with Gasteiger partial charge in [-0.05, 0) is 24.0 Å². The van der Waals surface area contributed by atoms with E-state index in [-0.39, 0.29) is 5.56 Å². The quantitative estimate of drug-likeness (QED) is 0.460. The summed E-state index contributed by atoms with van der Waals surface area (Å²) in [6.07, 6.45) is 2.56. The summed E-state index contributed by atoms with van der Waals surface area (Å²) in [6, 6.07) is 10.5. The first kappa shape index (κ1) is 18.1. The summed E-state index contributed by atoms with van der Waals surface area (Å²) in [5.41, 5.74) is 3.33. The van der Waals surface area contributed by atoms with Crippen LogP contribution in [-0.4, -0.2) is 14.5 Å². The molecule has 0 N–H and O–H groups in total. The molecule has 0 amide bonds. The van der Waals surface area contributed by atoms with Crippen LogP contribution in [-0.2, 0) is 13.0 Å². The molecule has 3 heterocycles. The second kappa shape index (κ2) is 7.37. The van der Waals surface area contributed by atoms with Crippen LogP contribution < -0.4 is 5.56 Å². The van der Waals surface area contributed by atoms with Gasteiger partial charge in [-0.1, -0.05) is 45.0 Å². The molecule has 27 heavy (non-hydrogen) atoms. The Balaban J connectivity index is 1.60. The highest BCUT2D eigenvalue weighted by molar-refractivity contribution is 7.18. The van der Waals surface area contributed by atoms with Gasteiger partial charge >= 0.3 is 0 Å². The molecule has 138 valence electrons. The van der Waals surface area contributed by atoms with Gasteiger partial charge in [-0.15, -0.1) is 22.7 Å². The number of thiophene rings is 1. The van der Waals surface area contributed by atoms with Crippen LogP contribution >= 0.6 is 22.7 Å². The Morgan fingerprint density at radius 1 is 1.19 bits per heavy atom. The van der Waals surface area contributed by atoms with Crippen molar-refractivity contribution in [3.8, 4) is 10.6 Å². The van der Waals surface area contributed by atoms with E-state index < -0.39 is 0 Å². The third kappa shape index (κ3) is 3.59. The fourth-order valence-corrected chi connectivity index (χ4v) is 4.74. The first-order valence-corrected chi connectivity index (χ1v) is 10.8. The van der Waals surface area contributed by atoms with E-state index in [1.807, 2.05) is 11.4 Å². The Kier molecular flexibility index (Phi) is 4.93. The Labute approximate surface area is 166 Å². The molecule has 0 spiro atoms. The second-order valence-corrected chi connectivity index (χ2v) is 8.86. The summed E-state index contributed by atoms with van der Waals surface area (Å²) in [4.78, 5) is 23.9. The maximum atomic E-state index is 12.7. The number of hydrogen-bond acceptors (Lipinski definition) is 5. The van der Waals surface area contributed by atoms with Crippen molar-refractivity contribution < 1.29 is 0 Å². The van der Waals surface area contributed by atoms with E-state index in [1.165, 1.54) is 10.4 Å². The highest BCUT2D eigenvalue weighted by atomic mass is 32.1. The van der Waals surface area contributed by atoms with Crippen molar-refractivity contribution in [2.24, 2.45) is 0 Å². The zero-order valence-corrected chi connectivity index (χ0v) is 17.2. The lowest BCUT2D eigenvalue weighted by molar-refractivity contribution is 0.735. The lowest BCUT2D eigenvalue weighted by Crippen LogP contribution is -2.20. The van der Waals surface area contributed by atoms with Crippen molar-refractivity contribution in [1.29, 1.82) is 0 Å². The number of hydrogen-bond donors (Lipinski definition) is 0. The number of aryl methyl sites for hydroxylation is 1. The molecule has 4 aromatic rings. The average Bonchev–Trinajstić information content (AvgIpc) is 3.31. The van der Waals surface area contributed by atoms with Gasteiger partial charge < -0.3 is 0 Å². The van der Waals surface area contributed by atoms with Gasteiger partial charge in [-0.2, -0.15) is 0 Å². The zero-order valence-electron chi connectivity index (χ0n) is 15.6. The predicted octanol–water partition coefficient (Wildman–Crippen LogP) is 5.32. The number of benzene rings is 1. The maximum Gasteiger partial charge on any atom is 0.262 e. The average molecular weight is 396 g/mol. The Morgan fingerprint density at radius 3 is 2.67 bits per heavy atom. The summed E-state index contributed by atoms with van der Waals surface area (Å²) in [6.45, 7) is 6.92. The topological polar surface area (TPSA) is 47.8 Å². The fourth-order valence-electron chi connectivity index (χ4n) is 2.99. The first-order chi connectivity index (χ1) is 13.0. The largest absolute Gasteiger partial charge is 0.293 e. The van der Waals surface area contributed by atoms with Crippen LogP contribution in [0, 0.1) is 0 Å². The van der Waals surface area contributed by atoms with Crippen molar-refractivity contribution in [3.05, 3.63) is 68.5 Å². The van der Waals surface area contributed by atoms with Crippen LogP contribution in [0.1, 0.15) is 42.8 Å². The smallest absolute Gasteiger partial charge is 0.262 e. The fraction of sp³-hybridized carbons (Fsp3) is 0.286. The van der Waals surface area contributed by atoms with Crippen molar-refractivity contribution in [2.75, 3.05) is 0 Å². The summed E-state index contributed by atoms with van der Waals surface area (Å²) in [7, 11) is 0. The molecule has 0 aliphatic heterocycles. The first-order valence-electron chi connectivity index (χ1n) is 9.07. The molecule has 0 unspecified atom stereocenters. The standard InChI is InChI=1S/C21H21N3OS2/c1-4-17-9-18-20(27-17)22-12-24(21(18)25)10-16-11-26-19(23-16)15-7-5-14(6-8-15)13(2)3/h5-9,11-13H,4,10H2,1-3H3. The highest BCUT2D eigenvalue weighted by Crippen LogP contribution is 2.26. The van der Waals surface area contributed by atoms with Crippen LogP contribution in [0.2, 0.25) is 0 Å². The van der Waals surface area contributed by atoms with Gasteiger partial charge in [0.15, 0.2) is 0 Å². The second-order valence-electron chi connectivity index (χ2n) is 6.88. The molecule has 0 fully saturated rings. The minimum atomic E-state index is 0.00628. The molecule has 4 rings (SSSR count). The van der Waals surface area contributed by atoms with E-state index in [1.54, 1.807) is 33.6 Å². The lowest BCUT2D eigenvalue weighted by atomic mass is 10.0. The van der Waals surface area contributed by atoms with Crippen molar-refractivity contribution in [2.45, 2.75) is 39.7 Å². The zero-order chi connectivity index (χ0) is 19.0. The molecule has 0 saturated heterocycles. The van der Waals surface area contributed by atoms with E-state index in [4.69, 9.17) is 4.98 Å². The number of rotatable bonds is 5. The molecule has 1 aromatic carbocycles. The third-order valence-corrected chi connectivity index (χ3v) is 6.75. The van der Waals surface area contributed by atoms with Crippen molar-refractivity contribution in [1.82, 2.24) is 14.5 Å². The summed E-state index contributed by atoms with van der Waals surface area (Å²) >= 11 is 3.20. The monoisotopic (exact) mass is 395 g/mol. The molecule has 4 nitrogen and oxygen atoms in total. The molecule has 3 aromatic heterocycles. The van der Waals surface area contributed by atoms with Gasteiger partial charge in [0.05, 0.1) is 24.0 Å². The summed E-state index contributed by atoms with van der Waals surface area (Å²) in [5.74, 6) is 0.519. The normalized spacial score (nSPS) is 11.6. The van der Waals surface area contributed by atoms with Gasteiger partial charge in [0.25, 0.3) is 5.56 Å². The molecule has 0 atom stereocenters. The van der Waals surface area contributed by atoms with Gasteiger partial charge in [0.1, 0.15) is 9.84 Å². The molecule has 6 heteroatoms. The van der Waals surface area contributed by atoms with E-state index in [0.29, 0.717) is 17.8 Å². The lowest BCUT2D eigenvalue weighted by Gasteiger charge is -2.05. The van der Waals surface area contributed by atoms with Crippen molar-refractivity contribution in [3.63, 3.8) is 0 Å². The minimum Gasteiger partial charge on any atom is -0.293 e. The van der Waals surface area contributed by atoms with Crippen LogP contribution in [0.4, 0.5) is 0 Å². The molecule has 0 aliphatic carbocycles. The van der Waals surface area contributed by atoms with E-state index >= 15 is 0 Å². The number of thiazole rings is 1. The SMILES string of the molecule is CCc1cc2c(=O)n(Cc3csc(-c4ccc(C(C)C)cc4)n3)cnc2s1. The van der Waals surface area contributed by atoms with Gasteiger partial charge in [-0.25, -0.2) is 9.97 Å². The maximum absolute atomic E-state index is 12.7. The molecular weight excluding hydrogens is 374 g/mol. The van der Waals surface area contributed by atoms with Crippen LogP contribution in [0.15, 0.2) is 46.8 Å². The number of fused-ring (bicyclic) bond motifs is 1. The molecule has 0 bridgehead atoms. The van der Waals surface area contributed by atoms with Crippen LogP contribution in [0.3, 0.4) is 0 Å². The van der Waals surface area contributed by atoms with E-state index in [2.05, 4.69) is 50.0 Å². The van der Waals surface area contributed by atoms with Crippen LogP contribution in [0.5, 0.6) is 0 Å². The van der Waals surface area contributed by atoms with Gasteiger partial charge in [0.2, 0.25) is 0 Å². The number of nitrogens with zero attached hydrogens (tertiary/aromatic N) is 3. The van der Waals surface area contributed by atoms with Gasteiger partial charge in [-0.3, -0.25) is 9.36 Å². The molecule has 0 saturated carbocycles. The molecule has 0 aliphatic rings. The van der Waals surface area contributed by atoms with E-state index in [0.717, 1.165) is 27.5 Å². The highest BCUT2D eigenvalue weighted by Gasteiger charge is 2.11. The number of aromatic nitrogens is 3. The summed E-state index contributed by atoms with van der Waals surface area (Å²) in [5, 5.41) is 3.71. The van der Waals surface area contributed by atoms with Crippen molar-refractivity contribution >= 4 is 32.9 Å². The Hall–Kier alpha value is -2.31. The summed E-state index contributed by atoms with van der Waals surface area (Å²) < 4.78 is 1.65. The minimum absolute atomic E-state index is 0.00628.